The van der Waals surface area contributed by atoms with Crippen molar-refractivity contribution in [2.75, 3.05) is 5.32 Å². The summed E-state index contributed by atoms with van der Waals surface area (Å²) in [7, 11) is 0. The molecule has 98 valence electrons. The molecule has 18 heavy (non-hydrogen) atoms. The lowest BCUT2D eigenvalue weighted by molar-refractivity contribution is -0.121. The molecule has 0 spiro atoms. The summed E-state index contributed by atoms with van der Waals surface area (Å²) in [5.41, 5.74) is 8.50. The van der Waals surface area contributed by atoms with Crippen molar-refractivity contribution in [1.29, 1.82) is 0 Å². The van der Waals surface area contributed by atoms with Crippen LogP contribution in [0.3, 0.4) is 0 Å². The van der Waals surface area contributed by atoms with E-state index in [2.05, 4.69) is 16.2 Å². The molecule has 0 unspecified atom stereocenters. The molecule has 0 saturated heterocycles. The number of carbonyl (C=O) groups excluding carboxylic acids is 1. The molecule has 4 nitrogen and oxygen atoms in total. The predicted octanol–water partition coefficient (Wildman–Crippen LogP) is 2.42. The third kappa shape index (κ3) is 4.33. The van der Waals surface area contributed by atoms with Crippen molar-refractivity contribution in [3.05, 3.63) is 29.3 Å². The van der Waals surface area contributed by atoms with E-state index in [1.807, 2.05) is 39.0 Å². The molecule has 0 fully saturated rings. The largest absolute Gasteiger partial charge is 0.331 e. The molecule has 0 aliphatic carbocycles. The smallest absolute Gasteiger partial charge is 0.238 e. The Morgan fingerprint density at radius 3 is 2.67 bits per heavy atom. The molecular formula is C13H19N3OS. The Balaban J connectivity index is 2.50. The van der Waals surface area contributed by atoms with Gasteiger partial charge in [-0.15, -0.1) is 0 Å². The van der Waals surface area contributed by atoms with Crippen LogP contribution in [-0.2, 0) is 4.79 Å². The highest BCUT2D eigenvalue weighted by Crippen LogP contribution is 2.17. The second-order valence-electron chi connectivity index (χ2n) is 4.12. The van der Waals surface area contributed by atoms with Crippen LogP contribution >= 0.6 is 12.2 Å². The summed E-state index contributed by atoms with van der Waals surface area (Å²) in [5.74, 6) is -0.0670. The molecule has 0 aliphatic heterocycles. The van der Waals surface area contributed by atoms with Gasteiger partial charge in [0.15, 0.2) is 5.11 Å². The van der Waals surface area contributed by atoms with Gasteiger partial charge >= 0.3 is 0 Å². The van der Waals surface area contributed by atoms with Gasteiger partial charge in [-0.3, -0.25) is 15.6 Å². The van der Waals surface area contributed by atoms with Crippen molar-refractivity contribution in [2.24, 2.45) is 0 Å². The van der Waals surface area contributed by atoms with Gasteiger partial charge in [0.25, 0.3) is 0 Å². The Hall–Kier alpha value is -1.62. The minimum atomic E-state index is -0.0670. The molecule has 0 bridgehead atoms. The summed E-state index contributed by atoms with van der Waals surface area (Å²) in [6.07, 6.45) is 1.30. The molecule has 3 N–H and O–H groups in total. The minimum absolute atomic E-state index is 0.0670. The zero-order chi connectivity index (χ0) is 13.5. The van der Waals surface area contributed by atoms with E-state index in [0.717, 1.165) is 17.7 Å². The van der Waals surface area contributed by atoms with Crippen LogP contribution < -0.4 is 16.2 Å². The summed E-state index contributed by atoms with van der Waals surface area (Å²) in [6, 6.07) is 5.95. The molecule has 0 heterocycles. The van der Waals surface area contributed by atoms with Crippen LogP contribution in [0.15, 0.2) is 18.2 Å². The van der Waals surface area contributed by atoms with Crippen molar-refractivity contribution in [3.63, 3.8) is 0 Å². The van der Waals surface area contributed by atoms with Crippen LogP contribution in [0.5, 0.6) is 0 Å². The van der Waals surface area contributed by atoms with Crippen molar-refractivity contribution in [2.45, 2.75) is 33.6 Å². The Kier molecular flexibility index (Phi) is 5.58. The van der Waals surface area contributed by atoms with E-state index in [1.54, 1.807) is 0 Å². The number of nitrogens with one attached hydrogen (secondary N) is 3. The van der Waals surface area contributed by atoms with Gasteiger partial charge < -0.3 is 5.32 Å². The first kappa shape index (κ1) is 14.4. The fraction of sp³-hybridized carbons (Fsp3) is 0.385. The maximum atomic E-state index is 11.3. The maximum Gasteiger partial charge on any atom is 0.238 e. The zero-order valence-electron chi connectivity index (χ0n) is 11.0. The van der Waals surface area contributed by atoms with Crippen LogP contribution in [0.2, 0.25) is 0 Å². The number of hydrazine groups is 1. The molecule has 0 radical (unpaired) electrons. The summed E-state index contributed by atoms with van der Waals surface area (Å²) in [4.78, 5) is 11.3. The molecule has 0 aliphatic rings. The van der Waals surface area contributed by atoms with E-state index in [1.165, 1.54) is 5.56 Å². The first-order valence-electron chi connectivity index (χ1n) is 5.96. The fourth-order valence-corrected chi connectivity index (χ4v) is 1.62. The lowest BCUT2D eigenvalue weighted by Gasteiger charge is -2.14. The molecule has 1 amide bonds. The number of thiocarbonyl (C=S) groups is 1. The highest BCUT2D eigenvalue weighted by Gasteiger charge is 2.03. The maximum absolute atomic E-state index is 11.3. The minimum Gasteiger partial charge on any atom is -0.331 e. The summed E-state index contributed by atoms with van der Waals surface area (Å²) < 4.78 is 0. The van der Waals surface area contributed by atoms with Gasteiger partial charge in [0, 0.05) is 12.1 Å². The number of rotatable bonds is 3. The molecule has 1 rings (SSSR count). The molecule has 1 aromatic carbocycles. The highest BCUT2D eigenvalue weighted by atomic mass is 32.1. The molecule has 1 aromatic rings. The summed E-state index contributed by atoms with van der Waals surface area (Å²) >= 11 is 5.10. The Morgan fingerprint density at radius 1 is 1.28 bits per heavy atom. The SMILES string of the molecule is CCCC(=O)NNC(=S)Nc1cccc(C)c1C. The van der Waals surface area contributed by atoms with Gasteiger partial charge in [-0.2, -0.15) is 0 Å². The standard InChI is InChI=1S/C13H19N3OS/c1-4-6-12(17)15-16-13(18)14-11-8-5-7-9(2)10(11)3/h5,7-8H,4,6H2,1-3H3,(H,15,17)(H2,14,16,18). The summed E-state index contributed by atoms with van der Waals surface area (Å²) in [5, 5.41) is 3.44. The Labute approximate surface area is 113 Å². The lowest BCUT2D eigenvalue weighted by Crippen LogP contribution is -2.43. The van der Waals surface area contributed by atoms with Crippen LogP contribution in [0.1, 0.15) is 30.9 Å². The van der Waals surface area contributed by atoms with Gasteiger partial charge in [0.1, 0.15) is 0 Å². The fourth-order valence-electron chi connectivity index (χ4n) is 1.46. The van der Waals surface area contributed by atoms with E-state index >= 15 is 0 Å². The Morgan fingerprint density at radius 2 is 2.00 bits per heavy atom. The van der Waals surface area contributed by atoms with E-state index in [-0.39, 0.29) is 5.91 Å². The van der Waals surface area contributed by atoms with Gasteiger partial charge in [-0.1, -0.05) is 19.1 Å². The predicted molar refractivity (Wildman–Crippen MR) is 78.3 cm³/mol. The van der Waals surface area contributed by atoms with E-state index in [9.17, 15) is 4.79 Å². The molecule has 0 atom stereocenters. The van der Waals surface area contributed by atoms with Crippen LogP contribution in [0.4, 0.5) is 5.69 Å². The lowest BCUT2D eigenvalue weighted by atomic mass is 10.1. The number of carbonyl (C=O) groups is 1. The first-order chi connectivity index (χ1) is 8.54. The van der Waals surface area contributed by atoms with Gasteiger partial charge in [-0.25, -0.2) is 0 Å². The normalized spacial score (nSPS) is 9.72. The van der Waals surface area contributed by atoms with Gasteiger partial charge in [-0.05, 0) is 49.7 Å². The van der Waals surface area contributed by atoms with Crippen molar-refractivity contribution < 1.29 is 4.79 Å². The zero-order valence-corrected chi connectivity index (χ0v) is 11.8. The second kappa shape index (κ2) is 6.96. The van der Waals surface area contributed by atoms with E-state index < -0.39 is 0 Å². The van der Waals surface area contributed by atoms with Gasteiger partial charge in [0.05, 0.1) is 0 Å². The van der Waals surface area contributed by atoms with Crippen molar-refractivity contribution in [1.82, 2.24) is 10.9 Å². The number of hydrogen-bond donors (Lipinski definition) is 3. The van der Waals surface area contributed by atoms with Gasteiger partial charge in [0.2, 0.25) is 5.91 Å². The molecular weight excluding hydrogens is 246 g/mol. The number of amides is 1. The van der Waals surface area contributed by atoms with Crippen LogP contribution in [-0.4, -0.2) is 11.0 Å². The quantitative estimate of drug-likeness (QED) is 0.580. The average molecular weight is 265 g/mol. The summed E-state index contributed by atoms with van der Waals surface area (Å²) in [6.45, 7) is 6.02. The topological polar surface area (TPSA) is 53.2 Å². The molecule has 5 heteroatoms. The number of aryl methyl sites for hydroxylation is 1. The van der Waals surface area contributed by atoms with E-state index in [0.29, 0.717) is 11.5 Å². The first-order valence-corrected chi connectivity index (χ1v) is 6.37. The third-order valence-electron chi connectivity index (χ3n) is 2.65. The number of hydrogen-bond acceptors (Lipinski definition) is 2. The third-order valence-corrected chi connectivity index (χ3v) is 2.85. The van der Waals surface area contributed by atoms with Crippen LogP contribution in [0.25, 0.3) is 0 Å². The van der Waals surface area contributed by atoms with Crippen molar-refractivity contribution in [3.8, 4) is 0 Å². The van der Waals surface area contributed by atoms with Crippen LogP contribution in [0, 0.1) is 13.8 Å². The molecule has 0 aromatic heterocycles. The van der Waals surface area contributed by atoms with Crippen molar-refractivity contribution >= 4 is 28.9 Å². The number of anilines is 1. The number of benzene rings is 1. The van der Waals surface area contributed by atoms with E-state index in [4.69, 9.17) is 12.2 Å². The highest BCUT2D eigenvalue weighted by molar-refractivity contribution is 7.80. The second-order valence-corrected chi connectivity index (χ2v) is 4.53. The molecule has 0 saturated carbocycles. The average Bonchev–Trinajstić information content (AvgIpc) is 2.33. The monoisotopic (exact) mass is 265 g/mol. The Bertz CT molecular complexity index is 446.